The summed E-state index contributed by atoms with van der Waals surface area (Å²) in [6.45, 7) is 4.21. The van der Waals surface area contributed by atoms with Crippen LogP contribution in [0.1, 0.15) is 25.8 Å². The lowest BCUT2D eigenvalue weighted by atomic mass is 9.99. The van der Waals surface area contributed by atoms with E-state index in [0.29, 0.717) is 18.0 Å². The highest BCUT2D eigenvalue weighted by atomic mass is 31.2. The Morgan fingerprint density at radius 3 is 1.97 bits per heavy atom. The van der Waals surface area contributed by atoms with Crippen LogP contribution in [-0.2, 0) is 25.4 Å². The van der Waals surface area contributed by atoms with Crippen molar-refractivity contribution in [3.05, 3.63) is 96.6 Å². The predicted octanol–water partition coefficient (Wildman–Crippen LogP) is 5.38. The second-order valence-corrected chi connectivity index (χ2v) is 11.8. The summed E-state index contributed by atoms with van der Waals surface area (Å²) in [5.41, 5.74) is 0.956. The summed E-state index contributed by atoms with van der Waals surface area (Å²) in [6, 6.07) is 26.2. The number of rotatable bonds is 8. The molecule has 0 spiro atoms. The van der Waals surface area contributed by atoms with Crippen LogP contribution in [0.5, 0.6) is 11.5 Å². The highest BCUT2D eigenvalue weighted by Crippen LogP contribution is 2.63. The van der Waals surface area contributed by atoms with Crippen molar-refractivity contribution < 1.29 is 33.0 Å². The van der Waals surface area contributed by atoms with Crippen molar-refractivity contribution in [2.75, 3.05) is 13.2 Å². The molecule has 9 heteroatoms. The summed E-state index contributed by atoms with van der Waals surface area (Å²) in [5.74, 6) is -0.246. The van der Waals surface area contributed by atoms with Gasteiger partial charge >= 0.3 is 7.60 Å². The van der Waals surface area contributed by atoms with Gasteiger partial charge < -0.3 is 23.6 Å². The number of hydroxylamine groups is 2. The van der Waals surface area contributed by atoms with E-state index in [4.69, 9.17) is 23.4 Å². The molecule has 1 N–H and O–H groups in total. The van der Waals surface area contributed by atoms with Crippen molar-refractivity contribution in [2.24, 2.45) is 0 Å². The van der Waals surface area contributed by atoms with Gasteiger partial charge in [-0.25, -0.2) is 4.57 Å². The highest BCUT2D eigenvalue weighted by Gasteiger charge is 2.65. The number of benzene rings is 3. The third kappa shape index (κ3) is 5.60. The van der Waals surface area contributed by atoms with E-state index < -0.39 is 30.9 Å². The van der Waals surface area contributed by atoms with Crippen molar-refractivity contribution in [3.63, 3.8) is 0 Å². The molecule has 37 heavy (non-hydrogen) atoms. The van der Waals surface area contributed by atoms with Gasteiger partial charge in [-0.3, -0.25) is 4.84 Å². The number of hydrogen-bond acceptors (Lipinski definition) is 8. The van der Waals surface area contributed by atoms with E-state index in [1.165, 1.54) is 0 Å². The lowest BCUT2D eigenvalue weighted by molar-refractivity contribution is -0.281. The zero-order valence-electron chi connectivity index (χ0n) is 20.9. The van der Waals surface area contributed by atoms with Gasteiger partial charge in [-0.1, -0.05) is 66.7 Å². The molecule has 2 unspecified atom stereocenters. The minimum atomic E-state index is -4.34. The molecule has 5 rings (SSSR count). The highest BCUT2D eigenvalue weighted by molar-refractivity contribution is 7.56. The summed E-state index contributed by atoms with van der Waals surface area (Å²) in [5, 5.41) is 12.1. The van der Waals surface area contributed by atoms with Crippen LogP contribution in [0.3, 0.4) is 0 Å². The van der Waals surface area contributed by atoms with Crippen molar-refractivity contribution in [1.82, 2.24) is 5.06 Å². The number of ether oxygens (including phenoxy) is 2. The molecule has 0 bridgehead atoms. The van der Waals surface area contributed by atoms with Crippen LogP contribution < -0.4 is 9.05 Å². The van der Waals surface area contributed by atoms with E-state index in [0.717, 1.165) is 5.56 Å². The lowest BCUT2D eigenvalue weighted by Crippen LogP contribution is -2.63. The van der Waals surface area contributed by atoms with Crippen molar-refractivity contribution in [1.29, 1.82) is 0 Å². The summed E-state index contributed by atoms with van der Waals surface area (Å²) in [6.07, 6.45) is -0.670. The Bertz CT molecular complexity index is 1170. The SMILES string of the molecule is CC1(C)OC[C@H](C2N(Cc3ccccc3)OCCC2(O)P(=O)(Oc2ccccc2)Oc2ccccc2)O1. The molecule has 196 valence electrons. The Labute approximate surface area is 217 Å². The maximum atomic E-state index is 14.9. The fourth-order valence-electron chi connectivity index (χ4n) is 4.75. The molecule has 3 atom stereocenters. The molecule has 2 fully saturated rings. The molecule has 0 radical (unpaired) electrons. The fraction of sp³-hybridized carbons (Fsp3) is 0.357. The van der Waals surface area contributed by atoms with Crippen molar-refractivity contribution >= 4 is 7.60 Å². The summed E-state index contributed by atoms with van der Waals surface area (Å²) < 4.78 is 39.1. The van der Waals surface area contributed by atoms with Crippen LogP contribution in [0.4, 0.5) is 0 Å². The minimum Gasteiger partial charge on any atom is -0.414 e. The van der Waals surface area contributed by atoms with Gasteiger partial charge in [0.1, 0.15) is 23.6 Å². The number of hydrogen-bond donors (Lipinski definition) is 1. The second-order valence-electron chi connectivity index (χ2n) is 9.64. The molecule has 2 heterocycles. The Hall–Kier alpha value is -2.71. The molecule has 3 aromatic rings. The number of nitrogens with zero attached hydrogens (tertiary/aromatic N) is 1. The van der Waals surface area contributed by atoms with Gasteiger partial charge in [0.25, 0.3) is 0 Å². The standard InChI is InChI=1S/C28H32NO7P/c1-27(2)32-21-25(34-27)26-28(30,18-19-33-29(26)20-22-12-6-3-7-13-22)37(31,35-23-14-8-4-9-15-23)36-24-16-10-5-11-17-24/h3-17,25-26,30H,18-21H2,1-2H3/t25-,26?,28?/m1/s1. The first-order valence-electron chi connectivity index (χ1n) is 12.4. The fourth-order valence-corrected chi connectivity index (χ4v) is 6.89. The van der Waals surface area contributed by atoms with Gasteiger partial charge in [0, 0.05) is 13.0 Å². The van der Waals surface area contributed by atoms with Crippen LogP contribution in [0.2, 0.25) is 0 Å². The summed E-state index contributed by atoms with van der Waals surface area (Å²) in [7, 11) is -4.34. The van der Waals surface area contributed by atoms with E-state index in [1.807, 2.05) is 42.5 Å². The number of para-hydroxylation sites is 2. The monoisotopic (exact) mass is 525 g/mol. The average molecular weight is 526 g/mol. The largest absolute Gasteiger partial charge is 0.464 e. The molecule has 0 amide bonds. The first-order valence-corrected chi connectivity index (χ1v) is 13.9. The Kier molecular flexibility index (Phi) is 7.41. The van der Waals surface area contributed by atoms with Crippen molar-refractivity contribution in [3.8, 4) is 11.5 Å². The van der Waals surface area contributed by atoms with E-state index in [1.54, 1.807) is 67.4 Å². The molecule has 0 aromatic heterocycles. The van der Waals surface area contributed by atoms with E-state index in [9.17, 15) is 9.67 Å². The van der Waals surface area contributed by atoms with Crippen molar-refractivity contribution in [2.45, 2.75) is 50.1 Å². The molecule has 8 nitrogen and oxygen atoms in total. The van der Waals surface area contributed by atoms with E-state index in [2.05, 4.69) is 0 Å². The number of aliphatic hydroxyl groups is 1. The van der Waals surface area contributed by atoms with E-state index in [-0.39, 0.29) is 19.6 Å². The van der Waals surface area contributed by atoms with Crippen LogP contribution in [0.25, 0.3) is 0 Å². The van der Waals surface area contributed by atoms with Crippen LogP contribution in [0.15, 0.2) is 91.0 Å². The molecule has 2 saturated heterocycles. The zero-order valence-corrected chi connectivity index (χ0v) is 21.8. The lowest BCUT2D eigenvalue weighted by Gasteiger charge is -2.48. The van der Waals surface area contributed by atoms with Gasteiger partial charge in [0.05, 0.1) is 13.2 Å². The first kappa shape index (κ1) is 25.9. The third-order valence-electron chi connectivity index (χ3n) is 6.49. The van der Waals surface area contributed by atoms with E-state index >= 15 is 0 Å². The molecule has 3 aromatic carbocycles. The molecule has 0 saturated carbocycles. The average Bonchev–Trinajstić information content (AvgIpc) is 3.24. The van der Waals surface area contributed by atoms with Gasteiger partial charge in [-0.15, -0.1) is 0 Å². The van der Waals surface area contributed by atoms with Gasteiger partial charge in [-0.2, -0.15) is 5.06 Å². The van der Waals surface area contributed by atoms with Crippen LogP contribution in [0, 0.1) is 0 Å². The first-order chi connectivity index (χ1) is 17.8. The summed E-state index contributed by atoms with van der Waals surface area (Å²) >= 11 is 0. The Balaban J connectivity index is 1.58. The Morgan fingerprint density at radius 2 is 1.46 bits per heavy atom. The maximum absolute atomic E-state index is 14.9. The second kappa shape index (κ2) is 10.6. The van der Waals surface area contributed by atoms with Gasteiger partial charge in [-0.05, 0) is 43.7 Å². The summed E-state index contributed by atoms with van der Waals surface area (Å²) in [4.78, 5) is 6.07. The quantitative estimate of drug-likeness (QED) is 0.392. The normalized spacial score (nSPS) is 26.0. The Morgan fingerprint density at radius 1 is 0.919 bits per heavy atom. The smallest absolute Gasteiger partial charge is 0.414 e. The minimum absolute atomic E-state index is 0.000188. The topological polar surface area (TPSA) is 86.7 Å². The van der Waals surface area contributed by atoms with Crippen LogP contribution >= 0.6 is 7.60 Å². The molecule has 2 aliphatic rings. The molecular formula is C28H32NO7P. The molecule has 2 aliphatic heterocycles. The maximum Gasteiger partial charge on any atom is 0.464 e. The molecular weight excluding hydrogens is 493 g/mol. The molecule has 0 aliphatic carbocycles. The zero-order chi connectivity index (χ0) is 25.9. The predicted molar refractivity (Wildman–Crippen MR) is 138 cm³/mol. The van der Waals surface area contributed by atoms with Gasteiger partial charge in [0.2, 0.25) is 5.34 Å². The van der Waals surface area contributed by atoms with Gasteiger partial charge in [0.15, 0.2) is 5.79 Å². The third-order valence-corrected chi connectivity index (χ3v) is 8.83. The van der Waals surface area contributed by atoms with Crippen LogP contribution in [-0.4, -0.2) is 46.7 Å².